The van der Waals surface area contributed by atoms with Crippen molar-refractivity contribution in [1.82, 2.24) is 10.6 Å². The number of rotatable bonds is 9. The number of aryl methyl sites for hydroxylation is 1. The van der Waals surface area contributed by atoms with E-state index in [2.05, 4.69) is 10.6 Å². The van der Waals surface area contributed by atoms with E-state index < -0.39 is 0 Å². The van der Waals surface area contributed by atoms with Gasteiger partial charge in [-0.1, -0.05) is 12.1 Å². The molecule has 2 N–H and O–H groups in total. The number of carbonyl (C=O) groups excluding carboxylic acids is 1. The van der Waals surface area contributed by atoms with Crippen molar-refractivity contribution in [2.75, 3.05) is 33.4 Å². The molecule has 0 aliphatic carbocycles. The summed E-state index contributed by atoms with van der Waals surface area (Å²) < 4.78 is 10.6. The van der Waals surface area contributed by atoms with E-state index in [4.69, 9.17) is 9.47 Å². The molecule has 0 fully saturated rings. The summed E-state index contributed by atoms with van der Waals surface area (Å²) in [6.07, 6.45) is -0.0697. The molecule has 0 aromatic heterocycles. The van der Waals surface area contributed by atoms with Crippen molar-refractivity contribution in [3.8, 4) is 5.75 Å². The standard InChI is InChI=1S/C15H24N2O3/c1-12-5-4-6-14(9-12)20-13(2)10-17-15(18)11-16-7-8-19-3/h4-6,9,13,16H,7-8,10-11H2,1-3H3,(H,17,18). The maximum absolute atomic E-state index is 11.5. The summed E-state index contributed by atoms with van der Waals surface area (Å²) in [5.74, 6) is 0.783. The molecule has 1 rings (SSSR count). The molecule has 20 heavy (non-hydrogen) atoms. The van der Waals surface area contributed by atoms with Crippen molar-refractivity contribution < 1.29 is 14.3 Å². The first-order chi connectivity index (χ1) is 9.61. The molecule has 0 saturated carbocycles. The summed E-state index contributed by atoms with van der Waals surface area (Å²) >= 11 is 0. The van der Waals surface area contributed by atoms with Crippen LogP contribution in [0.4, 0.5) is 0 Å². The van der Waals surface area contributed by atoms with Crippen LogP contribution in [-0.2, 0) is 9.53 Å². The Morgan fingerprint density at radius 2 is 2.20 bits per heavy atom. The van der Waals surface area contributed by atoms with E-state index >= 15 is 0 Å². The number of carbonyl (C=O) groups is 1. The molecule has 5 nitrogen and oxygen atoms in total. The van der Waals surface area contributed by atoms with Gasteiger partial charge in [0, 0.05) is 13.7 Å². The summed E-state index contributed by atoms with van der Waals surface area (Å²) in [6, 6.07) is 7.86. The second kappa shape index (κ2) is 9.34. The molecule has 1 aromatic rings. The summed E-state index contributed by atoms with van der Waals surface area (Å²) in [4.78, 5) is 11.5. The molecule has 0 aliphatic rings. The highest BCUT2D eigenvalue weighted by Gasteiger charge is 2.06. The van der Waals surface area contributed by atoms with Gasteiger partial charge in [0.15, 0.2) is 0 Å². The highest BCUT2D eigenvalue weighted by Crippen LogP contribution is 2.13. The van der Waals surface area contributed by atoms with Gasteiger partial charge in [-0.15, -0.1) is 0 Å². The molecule has 112 valence electrons. The topological polar surface area (TPSA) is 59.6 Å². The third kappa shape index (κ3) is 7.11. The van der Waals surface area contributed by atoms with Crippen LogP contribution in [0.1, 0.15) is 12.5 Å². The minimum atomic E-state index is -0.0697. The maximum atomic E-state index is 11.5. The second-order valence-electron chi connectivity index (χ2n) is 4.72. The van der Waals surface area contributed by atoms with Crippen LogP contribution in [0.15, 0.2) is 24.3 Å². The predicted octanol–water partition coefficient (Wildman–Crippen LogP) is 1.11. The first-order valence-electron chi connectivity index (χ1n) is 6.81. The van der Waals surface area contributed by atoms with E-state index in [1.54, 1.807) is 7.11 Å². The number of nitrogens with one attached hydrogen (secondary N) is 2. The van der Waals surface area contributed by atoms with Crippen LogP contribution in [0.3, 0.4) is 0 Å². The van der Waals surface area contributed by atoms with Gasteiger partial charge in [-0.05, 0) is 31.5 Å². The minimum Gasteiger partial charge on any atom is -0.489 e. The van der Waals surface area contributed by atoms with Crippen molar-refractivity contribution in [3.05, 3.63) is 29.8 Å². The smallest absolute Gasteiger partial charge is 0.234 e. The molecule has 1 atom stereocenters. The van der Waals surface area contributed by atoms with Gasteiger partial charge < -0.3 is 20.1 Å². The zero-order chi connectivity index (χ0) is 14.8. The van der Waals surface area contributed by atoms with E-state index in [0.717, 1.165) is 11.3 Å². The molecule has 1 aromatic carbocycles. The summed E-state index contributed by atoms with van der Waals surface area (Å²) in [6.45, 7) is 5.99. The van der Waals surface area contributed by atoms with Gasteiger partial charge in [0.05, 0.1) is 19.7 Å². The van der Waals surface area contributed by atoms with E-state index in [1.807, 2.05) is 38.1 Å². The Balaban J connectivity index is 2.19. The van der Waals surface area contributed by atoms with Crippen molar-refractivity contribution in [3.63, 3.8) is 0 Å². The van der Waals surface area contributed by atoms with E-state index in [9.17, 15) is 4.79 Å². The monoisotopic (exact) mass is 280 g/mol. The number of ether oxygens (including phenoxy) is 2. The van der Waals surface area contributed by atoms with E-state index in [-0.39, 0.29) is 12.0 Å². The number of hydrogen-bond donors (Lipinski definition) is 2. The lowest BCUT2D eigenvalue weighted by atomic mass is 10.2. The van der Waals surface area contributed by atoms with E-state index in [0.29, 0.717) is 26.2 Å². The third-order valence-electron chi connectivity index (χ3n) is 2.68. The Bertz CT molecular complexity index is 410. The summed E-state index contributed by atoms with van der Waals surface area (Å²) in [5.41, 5.74) is 1.15. The molecule has 1 unspecified atom stereocenters. The molecular formula is C15H24N2O3. The van der Waals surface area contributed by atoms with Gasteiger partial charge in [-0.2, -0.15) is 0 Å². The van der Waals surface area contributed by atoms with Crippen LogP contribution in [0.5, 0.6) is 5.75 Å². The molecule has 0 spiro atoms. The average molecular weight is 280 g/mol. The SMILES string of the molecule is COCCNCC(=O)NCC(C)Oc1cccc(C)c1. The number of methoxy groups -OCH3 is 1. The normalized spacial score (nSPS) is 11.9. The lowest BCUT2D eigenvalue weighted by molar-refractivity contribution is -0.120. The Morgan fingerprint density at radius 3 is 2.90 bits per heavy atom. The van der Waals surface area contributed by atoms with Crippen LogP contribution in [0, 0.1) is 6.92 Å². The number of benzene rings is 1. The van der Waals surface area contributed by atoms with Crippen molar-refractivity contribution in [2.45, 2.75) is 20.0 Å². The highest BCUT2D eigenvalue weighted by atomic mass is 16.5. The van der Waals surface area contributed by atoms with Crippen molar-refractivity contribution >= 4 is 5.91 Å². The number of hydrogen-bond acceptors (Lipinski definition) is 4. The van der Waals surface area contributed by atoms with Gasteiger partial charge in [-0.25, -0.2) is 0 Å². The second-order valence-corrected chi connectivity index (χ2v) is 4.72. The molecule has 0 heterocycles. The Morgan fingerprint density at radius 1 is 1.40 bits per heavy atom. The predicted molar refractivity (Wildman–Crippen MR) is 79.0 cm³/mol. The average Bonchev–Trinajstić information content (AvgIpc) is 2.41. The van der Waals surface area contributed by atoms with Gasteiger partial charge >= 0.3 is 0 Å². The Kier molecular flexibility index (Phi) is 7.69. The van der Waals surface area contributed by atoms with Crippen LogP contribution in [0.2, 0.25) is 0 Å². The quantitative estimate of drug-likeness (QED) is 0.665. The number of amides is 1. The molecule has 0 bridgehead atoms. The molecule has 1 amide bonds. The first-order valence-corrected chi connectivity index (χ1v) is 6.81. The van der Waals surface area contributed by atoms with Gasteiger partial charge in [0.2, 0.25) is 5.91 Å². The van der Waals surface area contributed by atoms with Crippen LogP contribution in [0.25, 0.3) is 0 Å². The lowest BCUT2D eigenvalue weighted by Gasteiger charge is -2.16. The zero-order valence-corrected chi connectivity index (χ0v) is 12.4. The first kappa shape index (κ1) is 16.5. The highest BCUT2D eigenvalue weighted by molar-refractivity contribution is 5.77. The van der Waals surface area contributed by atoms with Crippen LogP contribution in [-0.4, -0.2) is 45.4 Å². The fourth-order valence-electron chi connectivity index (χ4n) is 1.66. The Hall–Kier alpha value is -1.59. The maximum Gasteiger partial charge on any atom is 0.234 e. The largest absolute Gasteiger partial charge is 0.489 e. The lowest BCUT2D eigenvalue weighted by Crippen LogP contribution is -2.39. The van der Waals surface area contributed by atoms with Crippen molar-refractivity contribution in [1.29, 1.82) is 0 Å². The molecule has 0 radical (unpaired) electrons. The molecule has 5 heteroatoms. The third-order valence-corrected chi connectivity index (χ3v) is 2.68. The minimum absolute atomic E-state index is 0.0409. The van der Waals surface area contributed by atoms with E-state index in [1.165, 1.54) is 0 Å². The molecular weight excluding hydrogens is 256 g/mol. The molecule has 0 saturated heterocycles. The summed E-state index contributed by atoms with van der Waals surface area (Å²) in [5, 5.41) is 5.82. The van der Waals surface area contributed by atoms with Crippen LogP contribution >= 0.6 is 0 Å². The molecule has 0 aliphatic heterocycles. The van der Waals surface area contributed by atoms with Crippen molar-refractivity contribution in [2.24, 2.45) is 0 Å². The Labute approximate surface area is 120 Å². The van der Waals surface area contributed by atoms with Gasteiger partial charge in [-0.3, -0.25) is 4.79 Å². The summed E-state index contributed by atoms with van der Waals surface area (Å²) in [7, 11) is 1.63. The fourth-order valence-corrected chi connectivity index (χ4v) is 1.66. The fraction of sp³-hybridized carbons (Fsp3) is 0.533. The van der Waals surface area contributed by atoms with Crippen LogP contribution < -0.4 is 15.4 Å². The zero-order valence-electron chi connectivity index (χ0n) is 12.4. The van der Waals surface area contributed by atoms with Gasteiger partial charge in [0.1, 0.15) is 11.9 Å². The van der Waals surface area contributed by atoms with Gasteiger partial charge in [0.25, 0.3) is 0 Å².